The van der Waals surface area contributed by atoms with Crippen LogP contribution in [0, 0.1) is 0 Å². The highest BCUT2D eigenvalue weighted by atomic mass is 79.9. The van der Waals surface area contributed by atoms with Gasteiger partial charge in [-0.05, 0) is 47.5 Å². The second kappa shape index (κ2) is 10.5. The quantitative estimate of drug-likeness (QED) is 0.255. The normalized spacial score (nSPS) is 11.2. The number of aliphatic imine (C=N–C) groups is 1. The number of imidazole rings is 1. The van der Waals surface area contributed by atoms with Crippen molar-refractivity contribution in [3.8, 4) is 11.1 Å². The molecule has 7 heteroatoms. The largest absolute Gasteiger partial charge is 0.348 e. The summed E-state index contributed by atoms with van der Waals surface area (Å²) in [5.41, 5.74) is 4.64. The number of amides is 1. The van der Waals surface area contributed by atoms with Crippen molar-refractivity contribution in [2.24, 2.45) is 4.99 Å². The maximum absolute atomic E-state index is 12.7. The maximum atomic E-state index is 12.7. The molecular weight excluding hydrogens is 466 g/mol. The SMILES string of the molecule is O=C(NC(=NCCc1cnc[nH]1)Nc1ccc(-c2ccccc2)cc1)c1ccc(Br)cc1. The molecule has 6 nitrogen and oxygen atoms in total. The first-order valence-electron chi connectivity index (χ1n) is 10.2. The number of benzene rings is 3. The number of nitrogens with one attached hydrogen (secondary N) is 3. The molecule has 0 bridgehead atoms. The van der Waals surface area contributed by atoms with E-state index in [1.54, 1.807) is 24.7 Å². The summed E-state index contributed by atoms with van der Waals surface area (Å²) in [6, 6.07) is 25.4. The molecule has 0 atom stereocenters. The Morgan fingerprint density at radius 1 is 0.938 bits per heavy atom. The predicted molar refractivity (Wildman–Crippen MR) is 132 cm³/mol. The summed E-state index contributed by atoms with van der Waals surface area (Å²) < 4.78 is 0.916. The molecule has 4 rings (SSSR count). The van der Waals surface area contributed by atoms with Gasteiger partial charge in [0.25, 0.3) is 5.91 Å². The van der Waals surface area contributed by atoms with E-state index in [0.29, 0.717) is 24.5 Å². The molecule has 1 heterocycles. The summed E-state index contributed by atoms with van der Waals surface area (Å²) in [4.78, 5) is 24.4. The van der Waals surface area contributed by atoms with E-state index in [9.17, 15) is 4.79 Å². The van der Waals surface area contributed by atoms with Gasteiger partial charge in [0.05, 0.1) is 6.33 Å². The summed E-state index contributed by atoms with van der Waals surface area (Å²) in [7, 11) is 0. The third kappa shape index (κ3) is 5.92. The number of halogens is 1. The Kier molecular flexibility index (Phi) is 7.09. The second-order valence-corrected chi connectivity index (χ2v) is 8.00. The van der Waals surface area contributed by atoms with E-state index >= 15 is 0 Å². The van der Waals surface area contributed by atoms with Crippen molar-refractivity contribution in [2.75, 3.05) is 11.9 Å². The molecule has 0 saturated heterocycles. The van der Waals surface area contributed by atoms with Crippen molar-refractivity contribution < 1.29 is 4.79 Å². The summed E-state index contributed by atoms with van der Waals surface area (Å²) in [5.74, 6) is 0.163. The molecule has 0 aliphatic heterocycles. The number of hydrogen-bond acceptors (Lipinski definition) is 3. The molecule has 0 aliphatic rings. The third-order valence-corrected chi connectivity index (χ3v) is 5.33. The minimum Gasteiger partial charge on any atom is -0.348 e. The van der Waals surface area contributed by atoms with Crippen LogP contribution in [-0.4, -0.2) is 28.4 Å². The topological polar surface area (TPSA) is 82.2 Å². The van der Waals surface area contributed by atoms with Gasteiger partial charge in [-0.25, -0.2) is 4.98 Å². The average Bonchev–Trinajstić information content (AvgIpc) is 3.34. The van der Waals surface area contributed by atoms with Gasteiger partial charge in [-0.15, -0.1) is 0 Å². The van der Waals surface area contributed by atoms with E-state index in [-0.39, 0.29) is 5.91 Å². The Hall–Kier alpha value is -3.71. The predicted octanol–water partition coefficient (Wildman–Crippen LogP) is 5.28. The van der Waals surface area contributed by atoms with Crippen LogP contribution in [0.15, 0.2) is 101 Å². The molecule has 0 radical (unpaired) electrons. The van der Waals surface area contributed by atoms with Gasteiger partial charge in [0.15, 0.2) is 0 Å². The smallest absolute Gasteiger partial charge is 0.257 e. The minimum absolute atomic E-state index is 0.230. The van der Waals surface area contributed by atoms with E-state index in [0.717, 1.165) is 27.0 Å². The van der Waals surface area contributed by atoms with Crippen molar-refractivity contribution in [1.29, 1.82) is 0 Å². The highest BCUT2D eigenvalue weighted by Gasteiger charge is 2.10. The molecule has 3 N–H and O–H groups in total. The monoisotopic (exact) mass is 487 g/mol. The number of carbonyl (C=O) groups excluding carboxylic acids is 1. The van der Waals surface area contributed by atoms with Crippen LogP contribution in [0.4, 0.5) is 5.69 Å². The van der Waals surface area contributed by atoms with Crippen LogP contribution in [0.1, 0.15) is 16.1 Å². The van der Waals surface area contributed by atoms with Gasteiger partial charge in [-0.1, -0.05) is 58.4 Å². The number of rotatable bonds is 6. The fourth-order valence-electron chi connectivity index (χ4n) is 3.11. The zero-order valence-electron chi connectivity index (χ0n) is 17.3. The lowest BCUT2D eigenvalue weighted by atomic mass is 10.1. The van der Waals surface area contributed by atoms with Crippen molar-refractivity contribution in [2.45, 2.75) is 6.42 Å². The van der Waals surface area contributed by atoms with E-state index < -0.39 is 0 Å². The Labute approximate surface area is 195 Å². The number of aromatic nitrogens is 2. The van der Waals surface area contributed by atoms with Crippen LogP contribution in [0.5, 0.6) is 0 Å². The van der Waals surface area contributed by atoms with Gasteiger partial charge >= 0.3 is 0 Å². The first-order valence-corrected chi connectivity index (χ1v) is 11.0. The van der Waals surface area contributed by atoms with Crippen molar-refractivity contribution in [3.05, 3.63) is 107 Å². The van der Waals surface area contributed by atoms with Gasteiger partial charge in [0.2, 0.25) is 5.96 Å². The van der Waals surface area contributed by atoms with Crippen LogP contribution >= 0.6 is 15.9 Å². The van der Waals surface area contributed by atoms with E-state index in [1.807, 2.05) is 54.6 Å². The highest BCUT2D eigenvalue weighted by molar-refractivity contribution is 9.10. The van der Waals surface area contributed by atoms with Crippen LogP contribution < -0.4 is 10.6 Å². The molecule has 1 aromatic heterocycles. The number of nitrogens with zero attached hydrogens (tertiary/aromatic N) is 2. The highest BCUT2D eigenvalue weighted by Crippen LogP contribution is 2.21. The zero-order valence-corrected chi connectivity index (χ0v) is 18.8. The van der Waals surface area contributed by atoms with Gasteiger partial charge in [0.1, 0.15) is 0 Å². The molecule has 3 aromatic carbocycles. The van der Waals surface area contributed by atoms with Crippen molar-refractivity contribution >= 4 is 33.5 Å². The minimum atomic E-state index is -0.230. The second-order valence-electron chi connectivity index (χ2n) is 7.09. The number of guanidine groups is 1. The van der Waals surface area contributed by atoms with E-state index in [1.165, 1.54) is 0 Å². The first-order chi connectivity index (χ1) is 15.7. The molecule has 0 aliphatic carbocycles. The summed E-state index contributed by atoms with van der Waals surface area (Å²) in [5, 5.41) is 6.12. The van der Waals surface area contributed by atoms with E-state index in [4.69, 9.17) is 0 Å². The van der Waals surface area contributed by atoms with Crippen LogP contribution in [0.2, 0.25) is 0 Å². The third-order valence-electron chi connectivity index (χ3n) is 4.80. The average molecular weight is 488 g/mol. The molecule has 0 fully saturated rings. The number of anilines is 1. The van der Waals surface area contributed by atoms with E-state index in [2.05, 4.69) is 53.7 Å². The molecule has 1 amide bonds. The van der Waals surface area contributed by atoms with Crippen LogP contribution in [0.3, 0.4) is 0 Å². The van der Waals surface area contributed by atoms with Gasteiger partial charge in [0, 0.05) is 40.6 Å². The molecule has 0 saturated carbocycles. The number of H-pyrrole nitrogens is 1. The fraction of sp³-hybridized carbons (Fsp3) is 0.0800. The maximum Gasteiger partial charge on any atom is 0.257 e. The molecule has 0 spiro atoms. The molecule has 4 aromatic rings. The van der Waals surface area contributed by atoms with Gasteiger partial charge < -0.3 is 10.3 Å². The number of hydrogen-bond donors (Lipinski definition) is 3. The Bertz CT molecular complexity index is 1170. The molecular formula is C25H22BrN5O. The standard InChI is InChI=1S/C25H22BrN5O/c26-21-10-6-20(7-11-21)24(32)31-25(28-15-14-23-16-27-17-29-23)30-22-12-8-19(9-13-22)18-4-2-1-3-5-18/h1-13,16-17H,14-15H2,(H,27,29)(H2,28,30,31,32). The van der Waals surface area contributed by atoms with Crippen LogP contribution in [-0.2, 0) is 6.42 Å². The zero-order chi connectivity index (χ0) is 22.2. The lowest BCUT2D eigenvalue weighted by Gasteiger charge is -2.13. The number of carbonyl (C=O) groups is 1. The summed E-state index contributed by atoms with van der Waals surface area (Å²) in [6.45, 7) is 0.493. The van der Waals surface area contributed by atoms with Gasteiger partial charge in [-0.2, -0.15) is 0 Å². The van der Waals surface area contributed by atoms with Gasteiger partial charge in [-0.3, -0.25) is 15.1 Å². The first kappa shape index (κ1) is 21.5. The molecule has 32 heavy (non-hydrogen) atoms. The number of aromatic amines is 1. The lowest BCUT2D eigenvalue weighted by molar-refractivity contribution is 0.0977. The van der Waals surface area contributed by atoms with Crippen molar-refractivity contribution in [3.63, 3.8) is 0 Å². The Morgan fingerprint density at radius 3 is 2.34 bits per heavy atom. The molecule has 0 unspecified atom stereocenters. The Morgan fingerprint density at radius 2 is 1.66 bits per heavy atom. The lowest BCUT2D eigenvalue weighted by Crippen LogP contribution is -2.36. The van der Waals surface area contributed by atoms with Crippen LogP contribution in [0.25, 0.3) is 11.1 Å². The molecule has 160 valence electrons. The Balaban J connectivity index is 1.48. The summed E-state index contributed by atoms with van der Waals surface area (Å²) >= 11 is 3.39. The fourth-order valence-corrected chi connectivity index (χ4v) is 3.38. The van der Waals surface area contributed by atoms with Crippen molar-refractivity contribution in [1.82, 2.24) is 15.3 Å². The summed E-state index contributed by atoms with van der Waals surface area (Å²) in [6.07, 6.45) is 4.10.